The number of carbonyl (C=O) groups excluding carboxylic acids is 1. The number of amides is 1. The van der Waals surface area contributed by atoms with E-state index in [-0.39, 0.29) is 23.4 Å². The summed E-state index contributed by atoms with van der Waals surface area (Å²) in [5, 5.41) is 10.2. The Morgan fingerprint density at radius 2 is 1.90 bits per heavy atom. The van der Waals surface area contributed by atoms with E-state index < -0.39 is 10.0 Å². The first kappa shape index (κ1) is 21.0. The molecule has 0 bridgehead atoms. The molecule has 0 spiro atoms. The van der Waals surface area contributed by atoms with Gasteiger partial charge in [-0.3, -0.25) is 9.89 Å². The van der Waals surface area contributed by atoms with Crippen LogP contribution in [0.2, 0.25) is 5.02 Å². The Labute approximate surface area is 174 Å². The van der Waals surface area contributed by atoms with Gasteiger partial charge in [0.15, 0.2) is 0 Å². The minimum Gasteiger partial charge on any atom is -0.347 e. The van der Waals surface area contributed by atoms with Crippen LogP contribution in [-0.2, 0) is 16.6 Å². The molecule has 0 aliphatic rings. The van der Waals surface area contributed by atoms with E-state index in [1.807, 2.05) is 6.07 Å². The standard InChI is InChI=1S/C20H21ClN4O3S/c1-13(2)25-29(27,28)17-8-3-5-14(9-17)12-22-20(26)19-11-18(23-24-19)15-6-4-7-16(21)10-15/h3-11,13,25H,12H2,1-2H3,(H,22,26)(H,23,24). The predicted octanol–water partition coefficient (Wildman–Crippen LogP) is 3.35. The Hall–Kier alpha value is -2.68. The van der Waals surface area contributed by atoms with Gasteiger partial charge in [-0.15, -0.1) is 0 Å². The lowest BCUT2D eigenvalue weighted by Crippen LogP contribution is -2.30. The highest BCUT2D eigenvalue weighted by Gasteiger charge is 2.16. The highest BCUT2D eigenvalue weighted by atomic mass is 35.5. The van der Waals surface area contributed by atoms with Crippen LogP contribution in [0.5, 0.6) is 0 Å². The maximum atomic E-state index is 12.4. The molecule has 0 atom stereocenters. The lowest BCUT2D eigenvalue weighted by molar-refractivity contribution is 0.0946. The number of sulfonamides is 1. The lowest BCUT2D eigenvalue weighted by atomic mass is 10.1. The van der Waals surface area contributed by atoms with Crippen molar-refractivity contribution >= 4 is 27.5 Å². The average Bonchev–Trinajstić information content (AvgIpc) is 3.16. The van der Waals surface area contributed by atoms with Gasteiger partial charge in [0.25, 0.3) is 5.91 Å². The molecule has 0 saturated heterocycles. The number of carbonyl (C=O) groups is 1. The van der Waals surface area contributed by atoms with E-state index in [9.17, 15) is 13.2 Å². The van der Waals surface area contributed by atoms with Crippen molar-refractivity contribution in [3.05, 3.63) is 70.9 Å². The van der Waals surface area contributed by atoms with Crippen molar-refractivity contribution in [3.8, 4) is 11.3 Å². The summed E-state index contributed by atoms with van der Waals surface area (Å²) in [6.45, 7) is 3.68. The number of hydrogen-bond acceptors (Lipinski definition) is 4. The van der Waals surface area contributed by atoms with Crippen molar-refractivity contribution in [1.82, 2.24) is 20.2 Å². The second-order valence-corrected chi connectivity index (χ2v) is 8.93. The lowest BCUT2D eigenvalue weighted by Gasteiger charge is -2.11. The second-order valence-electron chi connectivity index (χ2n) is 6.78. The van der Waals surface area contributed by atoms with E-state index in [0.29, 0.717) is 22.0 Å². The number of rotatable bonds is 7. The first-order chi connectivity index (χ1) is 13.7. The molecule has 0 aliphatic carbocycles. The van der Waals surface area contributed by atoms with Gasteiger partial charge in [-0.2, -0.15) is 5.10 Å². The van der Waals surface area contributed by atoms with Gasteiger partial charge in [-0.1, -0.05) is 35.9 Å². The monoisotopic (exact) mass is 432 g/mol. The maximum absolute atomic E-state index is 12.4. The summed E-state index contributed by atoms with van der Waals surface area (Å²) in [4.78, 5) is 12.6. The number of hydrogen-bond donors (Lipinski definition) is 3. The van der Waals surface area contributed by atoms with Crippen LogP contribution in [0.1, 0.15) is 29.9 Å². The molecule has 0 radical (unpaired) electrons. The highest BCUT2D eigenvalue weighted by molar-refractivity contribution is 7.89. The van der Waals surface area contributed by atoms with Gasteiger partial charge in [-0.25, -0.2) is 13.1 Å². The molecule has 152 valence electrons. The topological polar surface area (TPSA) is 104 Å². The third-order valence-corrected chi connectivity index (χ3v) is 5.89. The van der Waals surface area contributed by atoms with Crippen LogP contribution in [-0.4, -0.2) is 30.6 Å². The van der Waals surface area contributed by atoms with Crippen LogP contribution in [0.25, 0.3) is 11.3 Å². The molecule has 3 aromatic rings. The Kier molecular flexibility index (Phi) is 6.36. The van der Waals surface area contributed by atoms with E-state index in [1.54, 1.807) is 50.2 Å². The van der Waals surface area contributed by atoms with Crippen LogP contribution in [0.3, 0.4) is 0 Å². The maximum Gasteiger partial charge on any atom is 0.269 e. The SMILES string of the molecule is CC(C)NS(=O)(=O)c1cccc(CNC(=O)c2cc(-c3cccc(Cl)c3)n[nH]2)c1. The average molecular weight is 433 g/mol. The molecule has 3 N–H and O–H groups in total. The third kappa shape index (κ3) is 5.44. The Morgan fingerprint density at radius 3 is 2.62 bits per heavy atom. The molecule has 0 saturated carbocycles. The van der Waals surface area contributed by atoms with Gasteiger partial charge < -0.3 is 5.32 Å². The predicted molar refractivity (Wildman–Crippen MR) is 112 cm³/mol. The molecule has 3 rings (SSSR count). The van der Waals surface area contributed by atoms with Crippen LogP contribution in [0, 0.1) is 0 Å². The van der Waals surface area contributed by atoms with E-state index in [4.69, 9.17) is 11.6 Å². The summed E-state index contributed by atoms with van der Waals surface area (Å²) in [7, 11) is -3.59. The molecule has 29 heavy (non-hydrogen) atoms. The van der Waals surface area contributed by atoms with Crippen molar-refractivity contribution in [3.63, 3.8) is 0 Å². The van der Waals surface area contributed by atoms with Gasteiger partial charge in [0.2, 0.25) is 10.0 Å². The first-order valence-electron chi connectivity index (χ1n) is 8.95. The first-order valence-corrected chi connectivity index (χ1v) is 10.8. The van der Waals surface area contributed by atoms with E-state index in [2.05, 4.69) is 20.2 Å². The number of benzene rings is 2. The molecule has 1 heterocycles. The van der Waals surface area contributed by atoms with Crippen molar-refractivity contribution < 1.29 is 13.2 Å². The molecule has 1 amide bonds. The second kappa shape index (κ2) is 8.77. The van der Waals surface area contributed by atoms with Crippen molar-refractivity contribution in [1.29, 1.82) is 0 Å². The summed E-state index contributed by atoms with van der Waals surface area (Å²) in [6.07, 6.45) is 0. The number of H-pyrrole nitrogens is 1. The zero-order valence-corrected chi connectivity index (χ0v) is 17.5. The largest absolute Gasteiger partial charge is 0.347 e. The molecular formula is C20H21ClN4O3S. The number of aromatic nitrogens is 2. The smallest absolute Gasteiger partial charge is 0.269 e. The van der Waals surface area contributed by atoms with Gasteiger partial charge in [0.1, 0.15) is 5.69 Å². The molecule has 0 fully saturated rings. The normalized spacial score (nSPS) is 11.6. The van der Waals surface area contributed by atoms with Crippen LogP contribution in [0.15, 0.2) is 59.5 Å². The third-order valence-electron chi connectivity index (χ3n) is 4.00. The summed E-state index contributed by atoms with van der Waals surface area (Å²) < 4.78 is 27.1. The van der Waals surface area contributed by atoms with Crippen LogP contribution in [0.4, 0.5) is 0 Å². The molecule has 7 nitrogen and oxygen atoms in total. The highest BCUT2D eigenvalue weighted by Crippen LogP contribution is 2.21. The Morgan fingerprint density at radius 1 is 1.14 bits per heavy atom. The van der Waals surface area contributed by atoms with Crippen molar-refractivity contribution in [2.75, 3.05) is 0 Å². The fourth-order valence-electron chi connectivity index (χ4n) is 2.71. The molecule has 0 unspecified atom stereocenters. The Balaban J connectivity index is 1.68. The number of nitrogens with one attached hydrogen (secondary N) is 3. The summed E-state index contributed by atoms with van der Waals surface area (Å²) in [5.41, 5.74) is 2.36. The molecule has 2 aromatic carbocycles. The molecule has 1 aromatic heterocycles. The molecule has 9 heteroatoms. The summed E-state index contributed by atoms with van der Waals surface area (Å²) in [5.74, 6) is -0.348. The van der Waals surface area contributed by atoms with E-state index in [0.717, 1.165) is 5.56 Å². The summed E-state index contributed by atoms with van der Waals surface area (Å²) in [6, 6.07) is 15.0. The minimum atomic E-state index is -3.59. The van der Waals surface area contributed by atoms with Gasteiger partial charge in [0, 0.05) is 23.2 Å². The van der Waals surface area contributed by atoms with Crippen molar-refractivity contribution in [2.45, 2.75) is 31.3 Å². The number of nitrogens with zero attached hydrogens (tertiary/aromatic N) is 1. The van der Waals surface area contributed by atoms with Gasteiger partial charge >= 0.3 is 0 Å². The zero-order valence-electron chi connectivity index (χ0n) is 15.9. The van der Waals surface area contributed by atoms with E-state index >= 15 is 0 Å². The van der Waals surface area contributed by atoms with Crippen molar-refractivity contribution in [2.24, 2.45) is 0 Å². The Bertz CT molecular complexity index is 1130. The van der Waals surface area contributed by atoms with Crippen LogP contribution >= 0.6 is 11.6 Å². The molecular weight excluding hydrogens is 412 g/mol. The number of aromatic amines is 1. The van der Waals surface area contributed by atoms with Gasteiger partial charge in [-0.05, 0) is 49.7 Å². The zero-order chi connectivity index (χ0) is 21.0. The summed E-state index contributed by atoms with van der Waals surface area (Å²) >= 11 is 5.99. The fraction of sp³-hybridized carbons (Fsp3) is 0.200. The quantitative estimate of drug-likeness (QED) is 0.532. The van der Waals surface area contributed by atoms with E-state index in [1.165, 1.54) is 12.1 Å². The van der Waals surface area contributed by atoms with Crippen LogP contribution < -0.4 is 10.0 Å². The molecule has 0 aliphatic heterocycles. The fourth-order valence-corrected chi connectivity index (χ4v) is 4.22. The number of halogens is 1. The minimum absolute atomic E-state index is 0.155. The van der Waals surface area contributed by atoms with Gasteiger partial charge in [0.05, 0.1) is 10.6 Å².